The summed E-state index contributed by atoms with van der Waals surface area (Å²) in [5, 5.41) is 17.1. The average Bonchev–Trinajstić information content (AvgIpc) is 2.63. The van der Waals surface area contributed by atoms with Crippen LogP contribution in [0.15, 0.2) is 54.7 Å². The van der Waals surface area contributed by atoms with Crippen molar-refractivity contribution in [3.8, 4) is 0 Å². The van der Waals surface area contributed by atoms with Crippen LogP contribution in [0.25, 0.3) is 0 Å². The number of hydrogen-bond donors (Lipinski definition) is 3. The molecule has 0 aliphatic carbocycles. The van der Waals surface area contributed by atoms with Crippen LogP contribution < -0.4 is 16.0 Å². The third-order valence-electron chi connectivity index (χ3n) is 4.04. The zero-order chi connectivity index (χ0) is 20.1. The molecule has 7 heteroatoms. The highest BCUT2D eigenvalue weighted by Crippen LogP contribution is 2.24. The van der Waals surface area contributed by atoms with Crippen LogP contribution in [0.3, 0.4) is 0 Å². The zero-order valence-corrected chi connectivity index (χ0v) is 16.4. The van der Waals surface area contributed by atoms with Gasteiger partial charge in [-0.25, -0.2) is 0 Å². The second-order valence-electron chi connectivity index (χ2n) is 7.50. The van der Waals surface area contributed by atoms with Crippen molar-refractivity contribution in [1.29, 1.82) is 0 Å². The number of carbonyl (C=O) groups excluding carboxylic acids is 1. The highest BCUT2D eigenvalue weighted by Gasteiger charge is 2.13. The van der Waals surface area contributed by atoms with Gasteiger partial charge in [-0.3, -0.25) is 4.79 Å². The highest BCUT2D eigenvalue weighted by molar-refractivity contribution is 5.88. The van der Waals surface area contributed by atoms with Gasteiger partial charge in [-0.2, -0.15) is 10.1 Å². The van der Waals surface area contributed by atoms with E-state index in [-0.39, 0.29) is 11.3 Å². The zero-order valence-electron chi connectivity index (χ0n) is 16.4. The second kappa shape index (κ2) is 8.04. The molecule has 0 radical (unpaired) electrons. The first kappa shape index (κ1) is 19.3. The van der Waals surface area contributed by atoms with Crippen molar-refractivity contribution in [2.75, 3.05) is 16.0 Å². The molecule has 3 aromatic rings. The molecule has 1 amide bonds. The first-order valence-electron chi connectivity index (χ1n) is 9.01. The van der Waals surface area contributed by atoms with Crippen LogP contribution in [0.4, 0.5) is 28.8 Å². The Morgan fingerprint density at radius 1 is 0.857 bits per heavy atom. The molecule has 0 fully saturated rings. The fraction of sp³-hybridized carbons (Fsp3) is 0.238. The van der Waals surface area contributed by atoms with Crippen molar-refractivity contribution >= 4 is 34.7 Å². The Kier molecular flexibility index (Phi) is 5.54. The first-order chi connectivity index (χ1) is 13.3. The summed E-state index contributed by atoms with van der Waals surface area (Å²) < 4.78 is 0. The van der Waals surface area contributed by atoms with E-state index in [1.54, 1.807) is 6.20 Å². The van der Waals surface area contributed by atoms with Crippen LogP contribution in [0.5, 0.6) is 0 Å². The van der Waals surface area contributed by atoms with E-state index in [1.807, 2.05) is 36.4 Å². The highest BCUT2D eigenvalue weighted by atomic mass is 16.1. The number of amides is 1. The average molecular weight is 376 g/mol. The van der Waals surface area contributed by atoms with E-state index in [9.17, 15) is 4.79 Å². The minimum atomic E-state index is -0.105. The van der Waals surface area contributed by atoms with E-state index < -0.39 is 0 Å². The number of carbonyl (C=O) groups is 1. The molecule has 0 aliphatic rings. The van der Waals surface area contributed by atoms with Gasteiger partial charge in [0.15, 0.2) is 5.82 Å². The number of rotatable bonds is 5. The van der Waals surface area contributed by atoms with Crippen molar-refractivity contribution in [3.05, 3.63) is 60.3 Å². The lowest BCUT2D eigenvalue weighted by Gasteiger charge is -2.19. The Bertz CT molecular complexity index is 946. The molecule has 0 saturated carbocycles. The largest absolute Gasteiger partial charge is 0.339 e. The molecule has 0 aliphatic heterocycles. The summed E-state index contributed by atoms with van der Waals surface area (Å²) in [4.78, 5) is 15.5. The number of benzene rings is 2. The summed E-state index contributed by atoms with van der Waals surface area (Å²) >= 11 is 0. The van der Waals surface area contributed by atoms with Gasteiger partial charge < -0.3 is 16.0 Å². The molecule has 0 saturated heterocycles. The Hall–Kier alpha value is -3.48. The smallest absolute Gasteiger partial charge is 0.249 e. The van der Waals surface area contributed by atoms with Gasteiger partial charge in [-0.1, -0.05) is 32.9 Å². The molecule has 3 rings (SSSR count). The molecule has 144 valence electrons. The predicted octanol–water partition coefficient (Wildman–Crippen LogP) is 4.61. The Morgan fingerprint density at radius 3 is 2.04 bits per heavy atom. The molecule has 2 aromatic carbocycles. The maximum atomic E-state index is 11.1. The number of nitrogens with one attached hydrogen (secondary N) is 3. The van der Waals surface area contributed by atoms with Crippen molar-refractivity contribution in [2.45, 2.75) is 33.1 Å². The third-order valence-corrected chi connectivity index (χ3v) is 4.04. The minimum Gasteiger partial charge on any atom is -0.339 e. The van der Waals surface area contributed by atoms with Gasteiger partial charge in [-0.05, 0) is 47.4 Å². The number of hydrogen-bond acceptors (Lipinski definition) is 6. The van der Waals surface area contributed by atoms with E-state index in [4.69, 9.17) is 0 Å². The van der Waals surface area contributed by atoms with Crippen molar-refractivity contribution in [1.82, 2.24) is 15.2 Å². The van der Waals surface area contributed by atoms with Gasteiger partial charge in [0.25, 0.3) is 0 Å². The number of nitrogens with zero attached hydrogens (tertiary/aromatic N) is 3. The summed E-state index contributed by atoms with van der Waals surface area (Å²) in [7, 11) is 0. The summed E-state index contributed by atoms with van der Waals surface area (Å²) in [5.41, 5.74) is 3.83. The normalized spacial score (nSPS) is 11.0. The molecular weight excluding hydrogens is 352 g/mol. The van der Waals surface area contributed by atoms with Crippen molar-refractivity contribution in [2.24, 2.45) is 0 Å². The number of aromatic nitrogens is 3. The van der Waals surface area contributed by atoms with E-state index >= 15 is 0 Å². The summed E-state index contributed by atoms with van der Waals surface area (Å²) in [6, 6.07) is 15.5. The molecule has 3 N–H and O–H groups in total. The van der Waals surface area contributed by atoms with Crippen LogP contribution in [0, 0.1) is 0 Å². The van der Waals surface area contributed by atoms with Crippen LogP contribution in [-0.2, 0) is 10.2 Å². The summed E-state index contributed by atoms with van der Waals surface area (Å²) in [6.07, 6.45) is 1.55. The lowest BCUT2D eigenvalue weighted by atomic mass is 9.87. The second-order valence-corrected chi connectivity index (χ2v) is 7.50. The van der Waals surface area contributed by atoms with Gasteiger partial charge in [-0.15, -0.1) is 5.10 Å². The monoisotopic (exact) mass is 376 g/mol. The lowest BCUT2D eigenvalue weighted by Crippen LogP contribution is -2.10. The maximum Gasteiger partial charge on any atom is 0.249 e. The van der Waals surface area contributed by atoms with Crippen LogP contribution in [0.2, 0.25) is 0 Å². The molecule has 28 heavy (non-hydrogen) atoms. The fourth-order valence-corrected chi connectivity index (χ4v) is 2.59. The molecule has 7 nitrogen and oxygen atoms in total. The predicted molar refractivity (Wildman–Crippen MR) is 112 cm³/mol. The maximum absolute atomic E-state index is 11.1. The molecule has 0 spiro atoms. The van der Waals surface area contributed by atoms with Crippen LogP contribution >= 0.6 is 0 Å². The van der Waals surface area contributed by atoms with E-state index in [0.717, 1.165) is 17.1 Å². The Morgan fingerprint density at radius 2 is 1.43 bits per heavy atom. The number of anilines is 5. The quantitative estimate of drug-likeness (QED) is 0.602. The van der Waals surface area contributed by atoms with Crippen molar-refractivity contribution in [3.63, 3.8) is 0 Å². The van der Waals surface area contributed by atoms with Gasteiger partial charge in [0.05, 0.1) is 6.20 Å². The lowest BCUT2D eigenvalue weighted by molar-refractivity contribution is -0.114. The summed E-state index contributed by atoms with van der Waals surface area (Å²) in [5.74, 6) is 0.867. The van der Waals surface area contributed by atoms with Crippen molar-refractivity contribution < 1.29 is 4.79 Å². The molecule has 0 unspecified atom stereocenters. The molecule has 0 atom stereocenters. The van der Waals surface area contributed by atoms with Crippen LogP contribution in [-0.4, -0.2) is 21.1 Å². The van der Waals surface area contributed by atoms with Crippen LogP contribution in [0.1, 0.15) is 33.3 Å². The fourth-order valence-electron chi connectivity index (χ4n) is 2.59. The van der Waals surface area contributed by atoms with E-state index in [0.29, 0.717) is 11.8 Å². The topological polar surface area (TPSA) is 91.8 Å². The van der Waals surface area contributed by atoms with E-state index in [1.165, 1.54) is 12.5 Å². The molecular formula is C21H24N6O. The summed E-state index contributed by atoms with van der Waals surface area (Å²) in [6.45, 7) is 8.02. The van der Waals surface area contributed by atoms with Gasteiger partial charge in [0, 0.05) is 24.0 Å². The standard InChI is InChI=1S/C21H24N6O/c1-14(28)23-16-9-11-17(12-10-16)24-19-13-22-27-20(26-19)25-18-7-5-15(6-8-18)21(2,3)4/h5-13H,1-4H3,(H,23,28)(H2,24,25,26,27). The van der Waals surface area contributed by atoms with Gasteiger partial charge in [0.1, 0.15) is 0 Å². The SMILES string of the molecule is CC(=O)Nc1ccc(Nc2cnnc(Nc3ccc(C(C)(C)C)cc3)n2)cc1. The Labute approximate surface area is 164 Å². The first-order valence-corrected chi connectivity index (χ1v) is 9.01. The molecule has 0 bridgehead atoms. The van der Waals surface area contributed by atoms with Gasteiger partial charge >= 0.3 is 0 Å². The minimum absolute atomic E-state index is 0.105. The van der Waals surface area contributed by atoms with Gasteiger partial charge in [0.2, 0.25) is 11.9 Å². The van der Waals surface area contributed by atoms with E-state index in [2.05, 4.69) is 64.0 Å². The third kappa shape index (κ3) is 5.26. The Balaban J connectivity index is 1.67. The molecule has 1 heterocycles. The molecule has 1 aromatic heterocycles.